The van der Waals surface area contributed by atoms with E-state index in [4.69, 9.17) is 9.15 Å². The number of hydrogen-bond donors (Lipinski definition) is 2. The Morgan fingerprint density at radius 1 is 1.24 bits per heavy atom. The molecule has 9 heteroatoms. The highest BCUT2D eigenvalue weighted by Gasteiger charge is 2.47. The van der Waals surface area contributed by atoms with Crippen molar-refractivity contribution in [2.45, 2.75) is 47.1 Å². The van der Waals surface area contributed by atoms with Gasteiger partial charge < -0.3 is 29.0 Å². The maximum absolute atomic E-state index is 13.1. The number of aromatic nitrogens is 1. The molecule has 0 saturated carbocycles. The number of aliphatic hydroxyl groups is 1. The van der Waals surface area contributed by atoms with Crippen LogP contribution in [0.2, 0.25) is 0 Å². The lowest BCUT2D eigenvalue weighted by atomic mass is 9.97. The molecule has 3 heterocycles. The number of ether oxygens (including phenoxy) is 1. The molecular formula is C25H33N3O6. The molecule has 1 saturated heterocycles. The van der Waals surface area contributed by atoms with Crippen molar-refractivity contribution in [3.8, 4) is 0 Å². The maximum Gasteiger partial charge on any atom is 0.355 e. The average Bonchev–Trinajstić information content (AvgIpc) is 3.50. The molecule has 0 aliphatic carbocycles. The number of likely N-dealkylation sites (tertiary alicyclic amines) is 1. The van der Waals surface area contributed by atoms with E-state index >= 15 is 0 Å². The fourth-order valence-electron chi connectivity index (χ4n) is 4.51. The van der Waals surface area contributed by atoms with Crippen LogP contribution in [0.1, 0.15) is 66.3 Å². The predicted molar refractivity (Wildman–Crippen MR) is 126 cm³/mol. The Morgan fingerprint density at radius 2 is 1.94 bits per heavy atom. The van der Waals surface area contributed by atoms with Crippen LogP contribution < -0.4 is 0 Å². The normalized spacial score (nSPS) is 17.7. The van der Waals surface area contributed by atoms with Gasteiger partial charge in [-0.25, -0.2) is 4.79 Å². The Labute approximate surface area is 199 Å². The maximum atomic E-state index is 13.1. The monoisotopic (exact) mass is 471 g/mol. The number of amides is 1. The quantitative estimate of drug-likeness (QED) is 0.236. The molecule has 0 spiro atoms. The number of furan rings is 1. The molecule has 2 N–H and O–H groups in total. The summed E-state index contributed by atoms with van der Waals surface area (Å²) in [6.45, 7) is 12.3. The van der Waals surface area contributed by atoms with Crippen molar-refractivity contribution in [1.29, 1.82) is 0 Å². The smallest absolute Gasteiger partial charge is 0.355 e. The number of ketones is 1. The van der Waals surface area contributed by atoms with Crippen LogP contribution in [0.3, 0.4) is 0 Å². The van der Waals surface area contributed by atoms with Crippen LogP contribution in [0.25, 0.3) is 5.76 Å². The SMILES string of the molecule is CCOC(=O)c1[nH]c(C)c(/C(O)=C2/C(=O)C(=O)N(CCCN(CC)CC)C2c2ccco2)c1C. The molecule has 184 valence electrons. The Hall–Kier alpha value is -3.33. The third-order valence-corrected chi connectivity index (χ3v) is 6.27. The van der Waals surface area contributed by atoms with Gasteiger partial charge in [-0.15, -0.1) is 0 Å². The molecule has 3 rings (SSSR count). The van der Waals surface area contributed by atoms with Crippen molar-refractivity contribution >= 4 is 23.4 Å². The highest BCUT2D eigenvalue weighted by molar-refractivity contribution is 6.46. The lowest BCUT2D eigenvalue weighted by Crippen LogP contribution is -2.33. The van der Waals surface area contributed by atoms with Crippen molar-refractivity contribution in [1.82, 2.24) is 14.8 Å². The van der Waals surface area contributed by atoms with Gasteiger partial charge in [0.1, 0.15) is 23.3 Å². The number of esters is 1. The molecule has 1 unspecified atom stereocenters. The number of Topliss-reactive ketones (excluding diaryl/α,β-unsaturated/α-hetero) is 1. The van der Waals surface area contributed by atoms with Crippen LogP contribution in [0, 0.1) is 13.8 Å². The number of aryl methyl sites for hydroxylation is 1. The predicted octanol–water partition coefficient (Wildman–Crippen LogP) is 3.55. The standard InChI is InChI=1S/C25H33N3O6/c1-6-27(7-2)12-10-13-28-21(17-11-9-14-34-17)19(23(30)24(28)31)22(29)18-15(4)20(26-16(18)5)25(32)33-8-3/h9,11,14,21,26,29H,6-8,10,12-13H2,1-5H3/b22-19-. The van der Waals surface area contributed by atoms with Crippen molar-refractivity contribution in [2.75, 3.05) is 32.8 Å². The van der Waals surface area contributed by atoms with Crippen LogP contribution in [0.4, 0.5) is 0 Å². The Balaban J connectivity index is 2.05. The summed E-state index contributed by atoms with van der Waals surface area (Å²) in [6, 6.07) is 2.51. The number of aromatic amines is 1. The van der Waals surface area contributed by atoms with Gasteiger partial charge in [-0.2, -0.15) is 0 Å². The van der Waals surface area contributed by atoms with Gasteiger partial charge in [0.05, 0.1) is 18.4 Å². The Morgan fingerprint density at radius 3 is 2.53 bits per heavy atom. The van der Waals surface area contributed by atoms with Gasteiger partial charge in [0.25, 0.3) is 11.7 Å². The number of carbonyl (C=O) groups is 3. The fraction of sp³-hybridized carbons (Fsp3) is 0.480. The first-order valence-corrected chi connectivity index (χ1v) is 11.7. The van der Waals surface area contributed by atoms with Crippen molar-refractivity contribution in [2.24, 2.45) is 0 Å². The number of nitrogens with zero attached hydrogens (tertiary/aromatic N) is 2. The van der Waals surface area contributed by atoms with Crippen LogP contribution in [-0.4, -0.2) is 70.3 Å². The second-order valence-electron chi connectivity index (χ2n) is 8.23. The average molecular weight is 472 g/mol. The molecule has 0 aromatic carbocycles. The second kappa shape index (κ2) is 10.7. The zero-order chi connectivity index (χ0) is 25.0. The third kappa shape index (κ3) is 4.65. The van der Waals surface area contributed by atoms with E-state index in [9.17, 15) is 19.5 Å². The summed E-state index contributed by atoms with van der Waals surface area (Å²) in [4.78, 5) is 45.1. The van der Waals surface area contributed by atoms with Crippen molar-refractivity contribution in [3.05, 3.63) is 52.2 Å². The summed E-state index contributed by atoms with van der Waals surface area (Å²) >= 11 is 0. The van der Waals surface area contributed by atoms with Gasteiger partial charge in [0, 0.05) is 17.8 Å². The minimum Gasteiger partial charge on any atom is -0.507 e. The highest BCUT2D eigenvalue weighted by Crippen LogP contribution is 2.41. The van der Waals surface area contributed by atoms with Crippen molar-refractivity contribution in [3.63, 3.8) is 0 Å². The Kier molecular flexibility index (Phi) is 7.98. The van der Waals surface area contributed by atoms with Crippen LogP contribution in [0.15, 0.2) is 28.4 Å². The molecule has 0 radical (unpaired) electrons. The molecular weight excluding hydrogens is 438 g/mol. The molecule has 1 amide bonds. The van der Waals surface area contributed by atoms with E-state index in [1.54, 1.807) is 32.9 Å². The first-order chi connectivity index (χ1) is 16.3. The molecule has 1 fully saturated rings. The van der Waals surface area contributed by atoms with E-state index in [0.29, 0.717) is 35.5 Å². The number of aliphatic hydroxyl groups excluding tert-OH is 1. The van der Waals surface area contributed by atoms with Gasteiger partial charge in [0.15, 0.2) is 0 Å². The Bertz CT molecular complexity index is 1080. The first-order valence-electron chi connectivity index (χ1n) is 11.7. The van der Waals surface area contributed by atoms with Crippen LogP contribution >= 0.6 is 0 Å². The molecule has 2 aromatic rings. The molecule has 1 atom stereocenters. The molecule has 0 bridgehead atoms. The largest absolute Gasteiger partial charge is 0.507 e. The van der Waals surface area contributed by atoms with E-state index in [1.807, 2.05) is 0 Å². The molecule has 1 aliphatic rings. The lowest BCUT2D eigenvalue weighted by Gasteiger charge is -2.25. The molecule has 2 aromatic heterocycles. The van der Waals surface area contributed by atoms with Gasteiger partial charge >= 0.3 is 5.97 Å². The minimum atomic E-state index is -0.855. The summed E-state index contributed by atoms with van der Waals surface area (Å²) in [5, 5.41) is 11.3. The van der Waals surface area contributed by atoms with Gasteiger partial charge in [-0.1, -0.05) is 13.8 Å². The first kappa shape index (κ1) is 25.3. The summed E-state index contributed by atoms with van der Waals surface area (Å²) in [5.74, 6) is -1.96. The summed E-state index contributed by atoms with van der Waals surface area (Å²) in [6.07, 6.45) is 2.14. The van der Waals surface area contributed by atoms with E-state index in [2.05, 4.69) is 23.7 Å². The third-order valence-electron chi connectivity index (χ3n) is 6.27. The lowest BCUT2D eigenvalue weighted by molar-refractivity contribution is -0.140. The van der Waals surface area contributed by atoms with Crippen LogP contribution in [-0.2, 0) is 14.3 Å². The second-order valence-corrected chi connectivity index (χ2v) is 8.23. The molecule has 9 nitrogen and oxygen atoms in total. The summed E-state index contributed by atoms with van der Waals surface area (Å²) in [7, 11) is 0. The molecule has 34 heavy (non-hydrogen) atoms. The highest BCUT2D eigenvalue weighted by atomic mass is 16.5. The van der Waals surface area contributed by atoms with Crippen LogP contribution in [0.5, 0.6) is 0 Å². The van der Waals surface area contributed by atoms with E-state index < -0.39 is 23.7 Å². The topological polar surface area (TPSA) is 116 Å². The van der Waals surface area contributed by atoms with Gasteiger partial charge in [-0.05, 0) is 64.5 Å². The number of H-pyrrole nitrogens is 1. The number of carbonyl (C=O) groups excluding carboxylic acids is 3. The zero-order valence-corrected chi connectivity index (χ0v) is 20.4. The number of rotatable bonds is 10. The number of nitrogens with one attached hydrogen (secondary N) is 1. The summed E-state index contributed by atoms with van der Waals surface area (Å²) < 4.78 is 10.7. The van der Waals surface area contributed by atoms with Gasteiger partial charge in [0.2, 0.25) is 0 Å². The van der Waals surface area contributed by atoms with Crippen molar-refractivity contribution < 1.29 is 28.6 Å². The van der Waals surface area contributed by atoms with Gasteiger partial charge in [-0.3, -0.25) is 9.59 Å². The fourth-order valence-corrected chi connectivity index (χ4v) is 4.51. The van der Waals surface area contributed by atoms with E-state index in [-0.39, 0.29) is 23.6 Å². The van der Waals surface area contributed by atoms with E-state index in [1.165, 1.54) is 11.2 Å². The zero-order valence-electron chi connectivity index (χ0n) is 20.4. The summed E-state index contributed by atoms with van der Waals surface area (Å²) in [5.41, 5.74) is 1.39. The minimum absolute atomic E-state index is 0.0524. The van der Waals surface area contributed by atoms with E-state index in [0.717, 1.165) is 19.6 Å². The number of hydrogen-bond acceptors (Lipinski definition) is 7. The molecule has 1 aliphatic heterocycles.